The molecule has 1 saturated heterocycles. The largest absolute Gasteiger partial charge is 0.465 e. The van der Waals surface area contributed by atoms with Crippen LogP contribution in [0.2, 0.25) is 0 Å². The first-order valence-corrected chi connectivity index (χ1v) is 4.92. The molecule has 0 unspecified atom stereocenters. The zero-order valence-electron chi connectivity index (χ0n) is 7.98. The molecule has 5 heteroatoms. The average Bonchev–Trinajstić information content (AvgIpc) is 2.92. The van der Waals surface area contributed by atoms with E-state index in [-0.39, 0.29) is 12.5 Å². The molecule has 1 N–H and O–H groups in total. The van der Waals surface area contributed by atoms with E-state index in [1.807, 2.05) is 0 Å². The second-order valence-electron chi connectivity index (χ2n) is 3.99. The van der Waals surface area contributed by atoms with Gasteiger partial charge in [0.25, 0.3) is 0 Å². The van der Waals surface area contributed by atoms with Gasteiger partial charge < -0.3 is 10.0 Å². The number of rotatable bonds is 2. The van der Waals surface area contributed by atoms with Crippen molar-refractivity contribution in [3.05, 3.63) is 0 Å². The minimum Gasteiger partial charge on any atom is -0.465 e. The van der Waals surface area contributed by atoms with Gasteiger partial charge in [0, 0.05) is 19.6 Å². The van der Waals surface area contributed by atoms with E-state index in [0.717, 1.165) is 6.54 Å². The first kappa shape index (κ1) is 9.30. The predicted molar refractivity (Wildman–Crippen MR) is 48.9 cm³/mol. The zero-order valence-corrected chi connectivity index (χ0v) is 7.98. The van der Waals surface area contributed by atoms with Gasteiger partial charge in [0.15, 0.2) is 0 Å². The Hall–Kier alpha value is -1.26. The highest BCUT2D eigenvalue weighted by Crippen LogP contribution is 2.30. The van der Waals surface area contributed by atoms with E-state index in [9.17, 15) is 9.59 Å². The lowest BCUT2D eigenvalue weighted by molar-refractivity contribution is -0.135. The summed E-state index contributed by atoms with van der Waals surface area (Å²) in [5, 5.41) is 8.69. The van der Waals surface area contributed by atoms with Crippen molar-refractivity contribution in [2.75, 3.05) is 26.2 Å². The number of carboxylic acid groups (broad SMARTS) is 1. The maximum absolute atomic E-state index is 11.5. The normalized spacial score (nSPS) is 22.7. The minimum atomic E-state index is -0.996. The van der Waals surface area contributed by atoms with Crippen LogP contribution in [0.15, 0.2) is 0 Å². The van der Waals surface area contributed by atoms with Crippen molar-refractivity contribution in [3.8, 4) is 0 Å². The van der Waals surface area contributed by atoms with Crippen molar-refractivity contribution in [2.24, 2.45) is 5.92 Å². The molecule has 5 nitrogen and oxygen atoms in total. The molecular weight excluding hydrogens is 184 g/mol. The monoisotopic (exact) mass is 198 g/mol. The van der Waals surface area contributed by atoms with Gasteiger partial charge >= 0.3 is 6.09 Å². The molecule has 2 fully saturated rings. The van der Waals surface area contributed by atoms with Crippen LogP contribution >= 0.6 is 0 Å². The molecule has 0 bridgehead atoms. The zero-order chi connectivity index (χ0) is 10.1. The molecule has 1 aliphatic heterocycles. The Morgan fingerprint density at radius 2 is 2.14 bits per heavy atom. The van der Waals surface area contributed by atoms with Gasteiger partial charge in [-0.15, -0.1) is 0 Å². The van der Waals surface area contributed by atoms with Gasteiger partial charge in [-0.25, -0.2) is 4.79 Å². The Labute approximate surface area is 82.3 Å². The highest BCUT2D eigenvalue weighted by Gasteiger charge is 2.31. The van der Waals surface area contributed by atoms with Gasteiger partial charge in [0.2, 0.25) is 5.91 Å². The summed E-state index contributed by atoms with van der Waals surface area (Å²) < 4.78 is 0. The van der Waals surface area contributed by atoms with E-state index in [1.54, 1.807) is 4.90 Å². The molecule has 14 heavy (non-hydrogen) atoms. The third-order valence-corrected chi connectivity index (χ3v) is 2.76. The van der Waals surface area contributed by atoms with Crippen molar-refractivity contribution < 1.29 is 14.7 Å². The summed E-state index contributed by atoms with van der Waals surface area (Å²) in [5.74, 6) is 0.626. The summed E-state index contributed by atoms with van der Waals surface area (Å²) in [6.07, 6.45) is 1.43. The average molecular weight is 198 g/mol. The highest BCUT2D eigenvalue weighted by atomic mass is 16.4. The Morgan fingerprint density at radius 3 is 2.64 bits per heavy atom. The molecular formula is C9H14N2O3. The maximum atomic E-state index is 11.5. The van der Waals surface area contributed by atoms with Crippen LogP contribution in [-0.4, -0.2) is 53.1 Å². The van der Waals surface area contributed by atoms with Crippen molar-refractivity contribution in [3.63, 3.8) is 0 Å². The van der Waals surface area contributed by atoms with Crippen molar-refractivity contribution in [1.82, 2.24) is 9.80 Å². The quantitative estimate of drug-likeness (QED) is 0.690. The lowest BCUT2D eigenvalue weighted by atomic mass is 10.3. The molecule has 0 aromatic rings. The van der Waals surface area contributed by atoms with Crippen LogP contribution in [0.1, 0.15) is 12.8 Å². The number of nitrogens with zero attached hydrogens (tertiary/aromatic N) is 2. The predicted octanol–water partition coefficient (Wildman–Crippen LogP) is 0.219. The van der Waals surface area contributed by atoms with Crippen molar-refractivity contribution in [1.29, 1.82) is 0 Å². The van der Waals surface area contributed by atoms with Crippen molar-refractivity contribution in [2.45, 2.75) is 12.8 Å². The fourth-order valence-corrected chi connectivity index (χ4v) is 1.68. The van der Waals surface area contributed by atoms with Crippen LogP contribution in [0.3, 0.4) is 0 Å². The van der Waals surface area contributed by atoms with E-state index < -0.39 is 6.09 Å². The Bertz CT molecular complexity index is 263. The number of amides is 2. The molecule has 2 rings (SSSR count). The van der Waals surface area contributed by atoms with Crippen LogP contribution in [0.4, 0.5) is 4.79 Å². The summed E-state index contributed by atoms with van der Waals surface area (Å²) in [6, 6.07) is 0. The minimum absolute atomic E-state index is 0.0298. The summed E-state index contributed by atoms with van der Waals surface area (Å²) >= 11 is 0. The van der Waals surface area contributed by atoms with Crippen LogP contribution in [-0.2, 0) is 4.79 Å². The van der Waals surface area contributed by atoms with Crippen LogP contribution in [0, 0.1) is 5.92 Å². The molecule has 0 atom stereocenters. The van der Waals surface area contributed by atoms with Gasteiger partial charge in [0.05, 0.1) is 0 Å². The van der Waals surface area contributed by atoms with Crippen LogP contribution in [0.25, 0.3) is 0 Å². The SMILES string of the molecule is O=C(O)N1CCN(CC2CC2)C(=O)C1. The third-order valence-electron chi connectivity index (χ3n) is 2.76. The van der Waals surface area contributed by atoms with E-state index in [2.05, 4.69) is 0 Å². The highest BCUT2D eigenvalue weighted by molar-refractivity contribution is 5.83. The lowest BCUT2D eigenvalue weighted by Crippen LogP contribution is -2.52. The second kappa shape index (κ2) is 3.48. The van der Waals surface area contributed by atoms with E-state index in [0.29, 0.717) is 19.0 Å². The van der Waals surface area contributed by atoms with Crippen LogP contribution < -0.4 is 0 Å². The molecule has 1 saturated carbocycles. The maximum Gasteiger partial charge on any atom is 0.407 e. The molecule has 1 heterocycles. The van der Waals surface area contributed by atoms with E-state index in [4.69, 9.17) is 5.11 Å². The summed E-state index contributed by atoms with van der Waals surface area (Å²) in [6.45, 7) is 1.86. The lowest BCUT2D eigenvalue weighted by Gasteiger charge is -2.32. The molecule has 2 amide bonds. The van der Waals surface area contributed by atoms with Gasteiger partial charge in [-0.05, 0) is 18.8 Å². The molecule has 0 radical (unpaired) electrons. The molecule has 0 spiro atoms. The number of carbonyl (C=O) groups excluding carboxylic acids is 1. The molecule has 2 aliphatic rings. The topological polar surface area (TPSA) is 60.9 Å². The van der Waals surface area contributed by atoms with Gasteiger partial charge in [-0.1, -0.05) is 0 Å². The fourth-order valence-electron chi connectivity index (χ4n) is 1.68. The van der Waals surface area contributed by atoms with Gasteiger partial charge in [-0.2, -0.15) is 0 Å². The Balaban J connectivity index is 1.86. The van der Waals surface area contributed by atoms with Crippen molar-refractivity contribution >= 4 is 12.0 Å². The molecule has 0 aromatic carbocycles. The number of hydrogen-bond acceptors (Lipinski definition) is 2. The Morgan fingerprint density at radius 1 is 1.43 bits per heavy atom. The first-order valence-electron chi connectivity index (χ1n) is 4.92. The van der Waals surface area contributed by atoms with E-state index in [1.165, 1.54) is 17.7 Å². The van der Waals surface area contributed by atoms with E-state index >= 15 is 0 Å². The van der Waals surface area contributed by atoms with Gasteiger partial charge in [-0.3, -0.25) is 9.69 Å². The fraction of sp³-hybridized carbons (Fsp3) is 0.778. The Kier molecular flexibility index (Phi) is 2.31. The summed E-state index contributed by atoms with van der Waals surface area (Å²) in [4.78, 5) is 25.1. The van der Waals surface area contributed by atoms with Gasteiger partial charge in [0.1, 0.15) is 6.54 Å². The number of hydrogen-bond donors (Lipinski definition) is 1. The second-order valence-corrected chi connectivity index (χ2v) is 3.99. The molecule has 0 aromatic heterocycles. The summed E-state index contributed by atoms with van der Waals surface area (Å²) in [5.41, 5.74) is 0. The molecule has 78 valence electrons. The number of carbonyl (C=O) groups is 2. The standard InChI is InChI=1S/C9H14N2O3/c12-8-6-11(9(13)14)4-3-10(8)5-7-1-2-7/h7H,1-6H2,(H,13,14). The molecule has 1 aliphatic carbocycles. The van der Waals surface area contributed by atoms with Crippen LogP contribution in [0.5, 0.6) is 0 Å². The summed E-state index contributed by atoms with van der Waals surface area (Å²) in [7, 11) is 0. The smallest absolute Gasteiger partial charge is 0.407 e. The first-order chi connectivity index (χ1) is 6.66. The number of piperazine rings is 1. The third kappa shape index (κ3) is 1.97.